The average Bonchev–Trinajstić information content (AvgIpc) is 2.85. The molecule has 0 aromatic carbocycles. The maximum absolute atomic E-state index is 12.0. The zero-order valence-corrected chi connectivity index (χ0v) is 22.0. The van der Waals surface area contributed by atoms with E-state index in [2.05, 4.69) is 24.8 Å². The van der Waals surface area contributed by atoms with Crippen LogP contribution in [-0.2, 0) is 57.1 Å². The van der Waals surface area contributed by atoms with Crippen LogP contribution in [0.1, 0.15) is 40.5 Å². The summed E-state index contributed by atoms with van der Waals surface area (Å²) >= 11 is 0. The Labute approximate surface area is 222 Å². The number of hydrogen-bond donors (Lipinski definition) is 0. The highest BCUT2D eigenvalue weighted by molar-refractivity contribution is 5.75. The fourth-order valence-corrected chi connectivity index (χ4v) is 3.58. The minimum absolute atomic E-state index is 0.0509. The van der Waals surface area contributed by atoms with E-state index >= 15 is 0 Å². The Morgan fingerprint density at radius 1 is 0.846 bits per heavy atom. The molecule has 0 spiro atoms. The van der Waals surface area contributed by atoms with Crippen LogP contribution in [0.15, 0.2) is 10.2 Å². The molecule has 1 fully saturated rings. The molecule has 0 N–H and O–H groups in total. The summed E-state index contributed by atoms with van der Waals surface area (Å²) in [5.74, 6) is -3.99. The van der Waals surface area contributed by atoms with Crippen LogP contribution in [0, 0.1) is 0 Å². The summed E-state index contributed by atoms with van der Waals surface area (Å²) in [4.78, 5) is 64.4. The van der Waals surface area contributed by atoms with Crippen LogP contribution in [0.5, 0.6) is 0 Å². The Balaban J connectivity index is 3.42. The molecule has 1 heterocycles. The number of ether oxygens (including phenoxy) is 7. The molecular formula is C21H30N6O12. The second-order valence-electron chi connectivity index (χ2n) is 8.06. The summed E-state index contributed by atoms with van der Waals surface area (Å²) in [6.45, 7) is 3.55. The third kappa shape index (κ3) is 11.4. The number of azide groups is 2. The van der Waals surface area contributed by atoms with Crippen molar-refractivity contribution in [2.24, 2.45) is 10.2 Å². The molecule has 7 atom stereocenters. The molecule has 1 aliphatic heterocycles. The molecule has 0 aromatic heterocycles. The highest BCUT2D eigenvalue weighted by atomic mass is 16.7. The van der Waals surface area contributed by atoms with Gasteiger partial charge >= 0.3 is 29.8 Å². The van der Waals surface area contributed by atoms with Crippen LogP contribution in [0.25, 0.3) is 20.9 Å². The summed E-state index contributed by atoms with van der Waals surface area (Å²) < 4.78 is 37.3. The molecule has 0 bridgehead atoms. The second-order valence-corrected chi connectivity index (χ2v) is 8.06. The Bertz CT molecular complexity index is 996. The predicted molar refractivity (Wildman–Crippen MR) is 125 cm³/mol. The number of carbonyl (C=O) groups is 5. The van der Waals surface area contributed by atoms with E-state index in [1.807, 2.05) is 0 Å². The predicted octanol–water partition coefficient (Wildman–Crippen LogP) is 1.40. The van der Waals surface area contributed by atoms with Crippen LogP contribution < -0.4 is 0 Å². The van der Waals surface area contributed by atoms with Gasteiger partial charge in [0.25, 0.3) is 0 Å². The van der Waals surface area contributed by atoms with Crippen LogP contribution in [0.2, 0.25) is 0 Å². The van der Waals surface area contributed by atoms with Crippen molar-refractivity contribution in [2.75, 3.05) is 20.3 Å². The molecule has 216 valence electrons. The lowest BCUT2D eigenvalue weighted by molar-refractivity contribution is -0.316. The largest absolute Gasteiger partial charge is 0.469 e. The van der Waals surface area contributed by atoms with Crippen molar-refractivity contribution < 1.29 is 57.1 Å². The molecule has 0 unspecified atom stereocenters. The van der Waals surface area contributed by atoms with Crippen LogP contribution in [0.3, 0.4) is 0 Å². The van der Waals surface area contributed by atoms with Crippen LogP contribution in [0.4, 0.5) is 0 Å². The van der Waals surface area contributed by atoms with Crippen molar-refractivity contribution in [3.63, 3.8) is 0 Å². The minimum atomic E-state index is -1.54. The standard InChI is InChI=1S/C21H30N6O12/c1-10(28)34-9-16-17(35-11(2)29)18(36-12(3)30)19(37-13(4)31)21(39-16)38-14(8-24-26-22)6-7-15(25-27-23)20(32)33-5/h14-19,21H,6-9H2,1-5H3/t14-,15+,16-,17+,18+,19-,21-/m1/s1. The van der Waals surface area contributed by atoms with Crippen molar-refractivity contribution in [2.45, 2.75) is 83.4 Å². The normalized spacial score (nSPS) is 23.5. The molecule has 0 radical (unpaired) electrons. The number of rotatable bonds is 14. The van der Waals surface area contributed by atoms with Gasteiger partial charge in [-0.2, -0.15) is 0 Å². The lowest BCUT2D eigenvalue weighted by atomic mass is 9.98. The topological polar surface area (TPSA) is 247 Å². The van der Waals surface area contributed by atoms with Gasteiger partial charge in [-0.15, -0.1) is 0 Å². The summed E-state index contributed by atoms with van der Waals surface area (Å²) in [7, 11) is 1.10. The lowest BCUT2D eigenvalue weighted by Gasteiger charge is -2.44. The number of methoxy groups -OCH3 is 1. The third-order valence-electron chi connectivity index (χ3n) is 5.05. The molecule has 0 aromatic rings. The van der Waals surface area contributed by atoms with Gasteiger partial charge < -0.3 is 33.2 Å². The summed E-state index contributed by atoms with van der Waals surface area (Å²) in [5.41, 5.74) is 17.6. The molecule has 18 heteroatoms. The Morgan fingerprint density at radius 3 is 1.95 bits per heavy atom. The fraction of sp³-hybridized carbons (Fsp3) is 0.762. The molecule has 1 aliphatic rings. The van der Waals surface area contributed by atoms with Gasteiger partial charge in [0.2, 0.25) is 0 Å². The van der Waals surface area contributed by atoms with E-state index in [4.69, 9.17) is 39.5 Å². The van der Waals surface area contributed by atoms with Crippen molar-refractivity contribution in [1.82, 2.24) is 0 Å². The Kier molecular flexibility index (Phi) is 14.1. The van der Waals surface area contributed by atoms with E-state index in [0.717, 1.165) is 34.8 Å². The molecule has 0 amide bonds. The van der Waals surface area contributed by atoms with E-state index in [-0.39, 0.29) is 19.4 Å². The fourth-order valence-electron chi connectivity index (χ4n) is 3.58. The second kappa shape index (κ2) is 16.7. The quantitative estimate of drug-likeness (QED) is 0.0964. The number of hydrogen-bond acceptors (Lipinski definition) is 14. The van der Waals surface area contributed by atoms with Gasteiger partial charge in [0.1, 0.15) is 18.8 Å². The van der Waals surface area contributed by atoms with Crippen molar-refractivity contribution in [1.29, 1.82) is 0 Å². The molecule has 18 nitrogen and oxygen atoms in total. The van der Waals surface area contributed by atoms with Gasteiger partial charge in [-0.1, -0.05) is 10.2 Å². The van der Waals surface area contributed by atoms with Crippen molar-refractivity contribution >= 4 is 29.8 Å². The highest BCUT2D eigenvalue weighted by Gasteiger charge is 2.53. The van der Waals surface area contributed by atoms with Gasteiger partial charge in [0, 0.05) is 37.5 Å². The molecule has 1 saturated heterocycles. The smallest absolute Gasteiger partial charge is 0.314 e. The number of nitrogens with zero attached hydrogens (tertiary/aromatic N) is 6. The number of esters is 5. The Hall–Kier alpha value is -4.11. The lowest BCUT2D eigenvalue weighted by Crippen LogP contribution is -2.63. The maximum atomic E-state index is 12.0. The van der Waals surface area contributed by atoms with Gasteiger partial charge in [-0.05, 0) is 23.9 Å². The summed E-state index contributed by atoms with van der Waals surface area (Å²) in [5, 5.41) is 6.84. The van der Waals surface area contributed by atoms with Crippen molar-refractivity contribution in [3.8, 4) is 0 Å². The van der Waals surface area contributed by atoms with E-state index in [1.165, 1.54) is 0 Å². The zero-order valence-electron chi connectivity index (χ0n) is 22.0. The van der Waals surface area contributed by atoms with E-state index in [1.54, 1.807) is 0 Å². The highest BCUT2D eigenvalue weighted by Crippen LogP contribution is 2.31. The average molecular weight is 559 g/mol. The van der Waals surface area contributed by atoms with E-state index in [9.17, 15) is 24.0 Å². The Morgan fingerprint density at radius 2 is 1.44 bits per heavy atom. The van der Waals surface area contributed by atoms with E-state index in [0.29, 0.717) is 0 Å². The molecular weight excluding hydrogens is 528 g/mol. The van der Waals surface area contributed by atoms with Gasteiger partial charge in [-0.3, -0.25) is 24.0 Å². The van der Waals surface area contributed by atoms with Crippen molar-refractivity contribution in [3.05, 3.63) is 20.9 Å². The van der Waals surface area contributed by atoms with E-state index < -0.39 is 79.3 Å². The van der Waals surface area contributed by atoms with Gasteiger partial charge in [0.15, 0.2) is 24.6 Å². The zero-order chi connectivity index (χ0) is 29.5. The molecule has 39 heavy (non-hydrogen) atoms. The minimum Gasteiger partial charge on any atom is -0.469 e. The summed E-state index contributed by atoms with van der Waals surface area (Å²) in [6.07, 6.45) is -8.35. The third-order valence-corrected chi connectivity index (χ3v) is 5.05. The van der Waals surface area contributed by atoms with Crippen LogP contribution in [-0.4, -0.2) is 93.0 Å². The SMILES string of the molecule is COC(=O)[C@H](CC[C@H](CN=[N+]=[N-])O[C@@H]1O[C@H](COC(C)=O)[C@H](OC(C)=O)[C@H](OC(C)=O)[C@H]1OC(C)=O)N=[N+]=[N-]. The first-order valence-electron chi connectivity index (χ1n) is 11.5. The molecule has 1 rings (SSSR count). The monoisotopic (exact) mass is 558 g/mol. The number of carbonyl (C=O) groups excluding carboxylic acids is 5. The first kappa shape index (κ1) is 32.9. The first-order chi connectivity index (χ1) is 18.4. The van der Waals surface area contributed by atoms with Gasteiger partial charge in [-0.25, -0.2) is 0 Å². The molecule has 0 saturated carbocycles. The maximum Gasteiger partial charge on any atom is 0.314 e. The van der Waals surface area contributed by atoms with Crippen LogP contribution >= 0.6 is 0 Å². The van der Waals surface area contributed by atoms with Gasteiger partial charge in [0.05, 0.1) is 19.8 Å². The summed E-state index contributed by atoms with van der Waals surface area (Å²) in [6, 6.07) is -1.23. The first-order valence-corrected chi connectivity index (χ1v) is 11.5. The molecule has 0 aliphatic carbocycles.